The molecule has 1 saturated heterocycles. The maximum atomic E-state index is 12.8. The SMILES string of the molecule is CCc1ccc2occ(C(=O)N3C[C@H](O)[C@@H](N(C)C)C3)c2c1. The van der Waals surface area contributed by atoms with Gasteiger partial charge in [-0.2, -0.15) is 0 Å². The second-order valence-electron chi connectivity index (χ2n) is 6.14. The zero-order chi connectivity index (χ0) is 15.9. The van der Waals surface area contributed by atoms with Crippen LogP contribution in [0.25, 0.3) is 11.0 Å². The predicted octanol–water partition coefficient (Wildman–Crippen LogP) is 1.74. The van der Waals surface area contributed by atoms with E-state index in [9.17, 15) is 9.90 Å². The van der Waals surface area contributed by atoms with Gasteiger partial charge in [-0.25, -0.2) is 0 Å². The molecule has 0 aliphatic carbocycles. The first kappa shape index (κ1) is 15.1. The molecule has 0 spiro atoms. The number of aryl methyl sites for hydroxylation is 1. The van der Waals surface area contributed by atoms with Crippen LogP contribution in [-0.4, -0.2) is 60.1 Å². The Kier molecular flexibility index (Phi) is 3.93. The van der Waals surface area contributed by atoms with E-state index < -0.39 is 6.10 Å². The Bertz CT molecular complexity index is 692. The summed E-state index contributed by atoms with van der Waals surface area (Å²) in [5.74, 6) is -0.0737. The molecule has 0 unspecified atom stereocenters. The molecular weight excluding hydrogens is 280 g/mol. The second kappa shape index (κ2) is 5.74. The van der Waals surface area contributed by atoms with Gasteiger partial charge in [0.05, 0.1) is 17.7 Å². The number of aliphatic hydroxyl groups is 1. The van der Waals surface area contributed by atoms with Crippen molar-refractivity contribution >= 4 is 16.9 Å². The third-order valence-corrected chi connectivity index (χ3v) is 4.49. The van der Waals surface area contributed by atoms with Crippen LogP contribution in [0.3, 0.4) is 0 Å². The molecule has 1 fully saturated rings. The minimum atomic E-state index is -0.511. The highest BCUT2D eigenvalue weighted by Gasteiger charge is 2.36. The third-order valence-electron chi connectivity index (χ3n) is 4.49. The maximum Gasteiger partial charge on any atom is 0.257 e. The van der Waals surface area contributed by atoms with Gasteiger partial charge in [-0.3, -0.25) is 4.79 Å². The van der Waals surface area contributed by atoms with E-state index in [0.29, 0.717) is 18.7 Å². The van der Waals surface area contributed by atoms with Gasteiger partial charge in [-0.05, 0) is 38.2 Å². The van der Waals surface area contributed by atoms with Crippen LogP contribution in [0.2, 0.25) is 0 Å². The quantitative estimate of drug-likeness (QED) is 0.938. The lowest BCUT2D eigenvalue weighted by molar-refractivity contribution is 0.0765. The first-order valence-corrected chi connectivity index (χ1v) is 7.65. The smallest absolute Gasteiger partial charge is 0.257 e. The summed E-state index contributed by atoms with van der Waals surface area (Å²) in [6, 6.07) is 5.92. The van der Waals surface area contributed by atoms with Crippen LogP contribution in [0, 0.1) is 0 Å². The molecule has 5 nitrogen and oxygen atoms in total. The number of hydrogen-bond donors (Lipinski definition) is 1. The average molecular weight is 302 g/mol. The van der Waals surface area contributed by atoms with E-state index in [1.807, 2.05) is 37.2 Å². The van der Waals surface area contributed by atoms with Crippen molar-refractivity contribution in [3.05, 3.63) is 35.6 Å². The van der Waals surface area contributed by atoms with Crippen molar-refractivity contribution in [2.45, 2.75) is 25.5 Å². The normalized spacial score (nSPS) is 22.0. The number of hydrogen-bond acceptors (Lipinski definition) is 4. The van der Waals surface area contributed by atoms with Crippen LogP contribution in [0.15, 0.2) is 28.9 Å². The second-order valence-corrected chi connectivity index (χ2v) is 6.14. The largest absolute Gasteiger partial charge is 0.463 e. The van der Waals surface area contributed by atoms with E-state index in [1.54, 1.807) is 4.90 Å². The van der Waals surface area contributed by atoms with Crippen molar-refractivity contribution < 1.29 is 14.3 Å². The fraction of sp³-hybridized carbons (Fsp3) is 0.471. The number of rotatable bonds is 3. The van der Waals surface area contributed by atoms with Gasteiger partial charge in [-0.1, -0.05) is 13.0 Å². The number of carbonyl (C=O) groups is 1. The summed E-state index contributed by atoms with van der Waals surface area (Å²) in [5.41, 5.74) is 2.48. The van der Waals surface area contributed by atoms with Gasteiger partial charge < -0.3 is 19.3 Å². The van der Waals surface area contributed by atoms with E-state index in [1.165, 1.54) is 11.8 Å². The van der Waals surface area contributed by atoms with Crippen molar-refractivity contribution in [2.24, 2.45) is 0 Å². The highest BCUT2D eigenvalue weighted by atomic mass is 16.3. The first-order chi connectivity index (χ1) is 10.5. The van der Waals surface area contributed by atoms with Crippen molar-refractivity contribution in [1.82, 2.24) is 9.80 Å². The van der Waals surface area contributed by atoms with Gasteiger partial charge in [0.1, 0.15) is 11.8 Å². The van der Waals surface area contributed by atoms with Gasteiger partial charge in [0, 0.05) is 18.5 Å². The van der Waals surface area contributed by atoms with Crippen molar-refractivity contribution in [1.29, 1.82) is 0 Å². The molecule has 2 heterocycles. The molecule has 5 heteroatoms. The molecule has 22 heavy (non-hydrogen) atoms. The number of β-amino-alcohol motifs (C(OH)–C–C–N with tert-alkyl or cyclic N) is 1. The number of likely N-dealkylation sites (tertiary alicyclic amines) is 1. The molecular formula is C17H22N2O3. The number of carbonyl (C=O) groups excluding carboxylic acids is 1. The molecule has 1 aliphatic rings. The van der Waals surface area contributed by atoms with Gasteiger partial charge in [0.15, 0.2) is 0 Å². The van der Waals surface area contributed by atoms with Crippen LogP contribution < -0.4 is 0 Å². The number of furan rings is 1. The number of aliphatic hydroxyl groups excluding tert-OH is 1. The number of fused-ring (bicyclic) bond motifs is 1. The van der Waals surface area contributed by atoms with Crippen LogP contribution in [0.4, 0.5) is 0 Å². The standard InChI is InChI=1S/C17H22N2O3/c1-4-11-5-6-16-12(7-11)13(10-22-16)17(21)19-8-14(18(2)3)15(20)9-19/h5-7,10,14-15,20H,4,8-9H2,1-3H3/t14-,15-/m0/s1. The molecule has 1 aliphatic heterocycles. The molecule has 1 aromatic carbocycles. The molecule has 3 rings (SSSR count). The van der Waals surface area contributed by atoms with Crippen LogP contribution in [0.1, 0.15) is 22.8 Å². The number of nitrogens with zero attached hydrogens (tertiary/aromatic N) is 2. The Morgan fingerprint density at radius 1 is 1.41 bits per heavy atom. The molecule has 2 aromatic rings. The summed E-state index contributed by atoms with van der Waals surface area (Å²) in [7, 11) is 3.84. The third kappa shape index (κ3) is 2.51. The molecule has 1 N–H and O–H groups in total. The molecule has 0 bridgehead atoms. The molecule has 0 saturated carbocycles. The van der Waals surface area contributed by atoms with Gasteiger partial charge >= 0.3 is 0 Å². The Morgan fingerprint density at radius 3 is 2.82 bits per heavy atom. The highest BCUT2D eigenvalue weighted by molar-refractivity contribution is 6.06. The Hall–Kier alpha value is -1.85. The molecule has 0 radical (unpaired) electrons. The summed E-state index contributed by atoms with van der Waals surface area (Å²) in [6.07, 6.45) is 1.94. The fourth-order valence-electron chi connectivity index (χ4n) is 3.07. The average Bonchev–Trinajstić information content (AvgIpc) is 3.09. The lowest BCUT2D eigenvalue weighted by Gasteiger charge is -2.21. The number of likely N-dealkylation sites (N-methyl/N-ethyl adjacent to an activating group) is 1. The summed E-state index contributed by atoms with van der Waals surface area (Å²) >= 11 is 0. The Balaban J connectivity index is 1.90. The van der Waals surface area contributed by atoms with Gasteiger partial charge in [0.25, 0.3) is 5.91 Å². The highest BCUT2D eigenvalue weighted by Crippen LogP contribution is 2.26. The van der Waals surface area contributed by atoms with Gasteiger partial charge in [-0.15, -0.1) is 0 Å². The lowest BCUT2D eigenvalue weighted by atomic mass is 10.1. The maximum absolute atomic E-state index is 12.8. The van der Waals surface area contributed by atoms with Crippen molar-refractivity contribution in [3.63, 3.8) is 0 Å². The van der Waals surface area contributed by atoms with Crippen LogP contribution in [-0.2, 0) is 6.42 Å². The molecule has 1 amide bonds. The van der Waals surface area contributed by atoms with E-state index in [-0.39, 0.29) is 11.9 Å². The van der Waals surface area contributed by atoms with E-state index in [4.69, 9.17) is 4.42 Å². The summed E-state index contributed by atoms with van der Waals surface area (Å²) in [5, 5.41) is 11.0. The lowest BCUT2D eigenvalue weighted by Crippen LogP contribution is -2.38. The number of benzene rings is 1. The van der Waals surface area contributed by atoms with Crippen molar-refractivity contribution in [2.75, 3.05) is 27.2 Å². The Morgan fingerprint density at radius 2 is 2.18 bits per heavy atom. The first-order valence-electron chi connectivity index (χ1n) is 7.65. The molecule has 2 atom stereocenters. The topological polar surface area (TPSA) is 56.9 Å². The van der Waals surface area contributed by atoms with Crippen LogP contribution >= 0.6 is 0 Å². The Labute approximate surface area is 130 Å². The minimum absolute atomic E-state index is 0.0201. The molecule has 118 valence electrons. The fourth-order valence-corrected chi connectivity index (χ4v) is 3.07. The van der Waals surface area contributed by atoms with Crippen LogP contribution in [0.5, 0.6) is 0 Å². The summed E-state index contributed by atoms with van der Waals surface area (Å²) in [4.78, 5) is 16.4. The van der Waals surface area contributed by atoms with E-state index in [2.05, 4.69) is 6.92 Å². The predicted molar refractivity (Wildman–Crippen MR) is 85.0 cm³/mol. The van der Waals surface area contributed by atoms with Crippen molar-refractivity contribution in [3.8, 4) is 0 Å². The van der Waals surface area contributed by atoms with Gasteiger partial charge in [0.2, 0.25) is 0 Å². The zero-order valence-corrected chi connectivity index (χ0v) is 13.2. The minimum Gasteiger partial charge on any atom is -0.463 e. The zero-order valence-electron chi connectivity index (χ0n) is 13.2. The monoisotopic (exact) mass is 302 g/mol. The van der Waals surface area contributed by atoms with E-state index in [0.717, 1.165) is 17.4 Å². The molecule has 1 aromatic heterocycles. The summed E-state index contributed by atoms with van der Waals surface area (Å²) in [6.45, 7) is 2.98. The summed E-state index contributed by atoms with van der Waals surface area (Å²) < 4.78 is 5.51. The van der Waals surface area contributed by atoms with E-state index >= 15 is 0 Å². The number of amides is 1.